The molecule has 0 spiro atoms. The van der Waals surface area contributed by atoms with Gasteiger partial charge < -0.3 is 9.88 Å². The molecule has 0 saturated carbocycles. The molecule has 0 atom stereocenters. The molecule has 0 aliphatic carbocycles. The number of carbonyl (C=O) groups is 1. The maximum absolute atomic E-state index is 12.9. The summed E-state index contributed by atoms with van der Waals surface area (Å²) in [7, 11) is 1.75. The molecule has 0 saturated heterocycles. The minimum atomic E-state index is -4.60. The standard InChI is InChI=1S/C17H13ClF3N5OS/c1-26-15(10-3-2-6-22-8-10)24-25-16(26)28-9-14(27)23-11-4-5-13(18)12(7-11)17(19,20)21/h2-8H,9H2,1H3,(H,23,27). The average Bonchev–Trinajstić information content (AvgIpc) is 3.02. The lowest BCUT2D eigenvalue weighted by atomic mass is 10.2. The van der Waals surface area contributed by atoms with Crippen LogP contribution in [0.1, 0.15) is 5.56 Å². The van der Waals surface area contributed by atoms with Crippen LogP contribution in [0.5, 0.6) is 0 Å². The maximum atomic E-state index is 12.9. The molecule has 1 N–H and O–H groups in total. The topological polar surface area (TPSA) is 72.7 Å². The SMILES string of the molecule is Cn1c(SCC(=O)Nc2ccc(Cl)c(C(F)(F)F)c2)nnc1-c1cccnc1. The lowest BCUT2D eigenvalue weighted by Crippen LogP contribution is -2.15. The monoisotopic (exact) mass is 427 g/mol. The van der Waals surface area contributed by atoms with E-state index in [0.29, 0.717) is 11.0 Å². The third-order valence-electron chi connectivity index (χ3n) is 3.64. The number of amides is 1. The summed E-state index contributed by atoms with van der Waals surface area (Å²) in [5.41, 5.74) is -0.222. The third-order valence-corrected chi connectivity index (χ3v) is 4.99. The van der Waals surface area contributed by atoms with E-state index >= 15 is 0 Å². The fourth-order valence-corrected chi connectivity index (χ4v) is 3.27. The first kappa shape index (κ1) is 20.2. The van der Waals surface area contributed by atoms with Gasteiger partial charge in [-0.2, -0.15) is 13.2 Å². The van der Waals surface area contributed by atoms with Crippen molar-refractivity contribution in [1.29, 1.82) is 0 Å². The van der Waals surface area contributed by atoms with Crippen molar-refractivity contribution in [2.75, 3.05) is 11.1 Å². The van der Waals surface area contributed by atoms with Crippen molar-refractivity contribution in [3.63, 3.8) is 0 Å². The van der Waals surface area contributed by atoms with Gasteiger partial charge >= 0.3 is 6.18 Å². The zero-order valence-corrected chi connectivity index (χ0v) is 15.9. The van der Waals surface area contributed by atoms with Gasteiger partial charge in [0.2, 0.25) is 5.91 Å². The predicted molar refractivity (Wildman–Crippen MR) is 100 cm³/mol. The molecule has 3 rings (SSSR count). The highest BCUT2D eigenvalue weighted by Crippen LogP contribution is 2.36. The van der Waals surface area contributed by atoms with Crippen LogP contribution in [0.25, 0.3) is 11.4 Å². The quantitative estimate of drug-likeness (QED) is 0.615. The first-order valence-electron chi connectivity index (χ1n) is 7.85. The summed E-state index contributed by atoms with van der Waals surface area (Å²) in [6, 6.07) is 6.80. The molecule has 0 unspecified atom stereocenters. The molecule has 0 fully saturated rings. The minimum Gasteiger partial charge on any atom is -0.325 e. The van der Waals surface area contributed by atoms with Crippen LogP contribution in [0.2, 0.25) is 5.02 Å². The van der Waals surface area contributed by atoms with Crippen molar-refractivity contribution in [3.8, 4) is 11.4 Å². The molecular formula is C17H13ClF3N5OS. The zero-order valence-electron chi connectivity index (χ0n) is 14.4. The van der Waals surface area contributed by atoms with Gasteiger partial charge in [-0.05, 0) is 30.3 Å². The molecule has 1 aromatic carbocycles. The number of halogens is 4. The summed E-state index contributed by atoms with van der Waals surface area (Å²) < 4.78 is 40.4. The largest absolute Gasteiger partial charge is 0.417 e. The van der Waals surface area contributed by atoms with E-state index in [0.717, 1.165) is 29.5 Å². The average molecular weight is 428 g/mol. The summed E-state index contributed by atoms with van der Waals surface area (Å²) in [6.07, 6.45) is -1.32. The molecule has 0 radical (unpaired) electrons. The van der Waals surface area contributed by atoms with Crippen LogP contribution in [0.3, 0.4) is 0 Å². The van der Waals surface area contributed by atoms with Crippen molar-refractivity contribution in [1.82, 2.24) is 19.7 Å². The predicted octanol–water partition coefficient (Wildman–Crippen LogP) is 4.28. The van der Waals surface area contributed by atoms with Crippen molar-refractivity contribution in [2.45, 2.75) is 11.3 Å². The van der Waals surface area contributed by atoms with Crippen molar-refractivity contribution < 1.29 is 18.0 Å². The van der Waals surface area contributed by atoms with Crippen LogP contribution in [0, 0.1) is 0 Å². The lowest BCUT2D eigenvalue weighted by Gasteiger charge is -2.11. The molecule has 2 aromatic heterocycles. The van der Waals surface area contributed by atoms with Crippen LogP contribution in [0.15, 0.2) is 47.9 Å². The van der Waals surface area contributed by atoms with Gasteiger partial charge in [0.05, 0.1) is 16.3 Å². The van der Waals surface area contributed by atoms with Gasteiger partial charge in [-0.3, -0.25) is 9.78 Å². The molecule has 3 aromatic rings. The Morgan fingerprint density at radius 3 is 2.75 bits per heavy atom. The van der Waals surface area contributed by atoms with E-state index in [1.807, 2.05) is 6.07 Å². The number of carbonyl (C=O) groups excluding carboxylic acids is 1. The van der Waals surface area contributed by atoms with Gasteiger partial charge in [-0.25, -0.2) is 0 Å². The van der Waals surface area contributed by atoms with Crippen LogP contribution >= 0.6 is 23.4 Å². The Hall–Kier alpha value is -2.59. The number of nitrogens with one attached hydrogen (secondary N) is 1. The molecule has 146 valence electrons. The number of aromatic nitrogens is 4. The Morgan fingerprint density at radius 2 is 2.07 bits per heavy atom. The number of anilines is 1. The van der Waals surface area contributed by atoms with Crippen molar-refractivity contribution in [2.24, 2.45) is 7.05 Å². The van der Waals surface area contributed by atoms with E-state index in [2.05, 4.69) is 20.5 Å². The minimum absolute atomic E-state index is 0.0105. The number of hydrogen-bond donors (Lipinski definition) is 1. The second kappa shape index (κ2) is 8.19. The molecule has 0 aliphatic heterocycles. The van der Waals surface area contributed by atoms with E-state index in [4.69, 9.17) is 11.6 Å². The van der Waals surface area contributed by atoms with Gasteiger partial charge in [0.1, 0.15) is 0 Å². The van der Waals surface area contributed by atoms with E-state index < -0.39 is 22.7 Å². The Kier molecular flexibility index (Phi) is 5.90. The van der Waals surface area contributed by atoms with Gasteiger partial charge in [-0.1, -0.05) is 23.4 Å². The molecule has 28 heavy (non-hydrogen) atoms. The maximum Gasteiger partial charge on any atom is 0.417 e. The van der Waals surface area contributed by atoms with Crippen molar-refractivity contribution in [3.05, 3.63) is 53.3 Å². The molecular weight excluding hydrogens is 415 g/mol. The summed E-state index contributed by atoms with van der Waals surface area (Å²) in [5.74, 6) is 0.0538. The van der Waals surface area contributed by atoms with Crippen molar-refractivity contribution >= 4 is 35.0 Å². The second-order valence-corrected chi connectivity index (χ2v) is 6.99. The zero-order chi connectivity index (χ0) is 20.3. The molecule has 0 aliphatic rings. The molecule has 2 heterocycles. The van der Waals surface area contributed by atoms with E-state index in [-0.39, 0.29) is 11.4 Å². The van der Waals surface area contributed by atoms with Gasteiger partial charge in [0.25, 0.3) is 0 Å². The van der Waals surface area contributed by atoms with E-state index in [1.165, 1.54) is 6.07 Å². The molecule has 11 heteroatoms. The summed E-state index contributed by atoms with van der Waals surface area (Å²) in [4.78, 5) is 16.1. The van der Waals surface area contributed by atoms with Gasteiger partial charge in [0.15, 0.2) is 11.0 Å². The van der Waals surface area contributed by atoms with Crippen LogP contribution in [-0.2, 0) is 18.0 Å². The molecule has 1 amide bonds. The lowest BCUT2D eigenvalue weighted by molar-refractivity contribution is -0.137. The Labute approximate surface area is 167 Å². The van der Waals surface area contributed by atoms with E-state index in [9.17, 15) is 18.0 Å². The highest BCUT2D eigenvalue weighted by Gasteiger charge is 2.33. The van der Waals surface area contributed by atoms with Crippen LogP contribution in [0.4, 0.5) is 18.9 Å². The first-order valence-corrected chi connectivity index (χ1v) is 9.21. The number of rotatable bonds is 5. The number of hydrogen-bond acceptors (Lipinski definition) is 5. The highest BCUT2D eigenvalue weighted by atomic mass is 35.5. The smallest absolute Gasteiger partial charge is 0.325 e. The van der Waals surface area contributed by atoms with Crippen LogP contribution < -0.4 is 5.32 Å². The molecule has 0 bridgehead atoms. The van der Waals surface area contributed by atoms with E-state index in [1.54, 1.807) is 30.1 Å². The van der Waals surface area contributed by atoms with Gasteiger partial charge in [0, 0.05) is 30.7 Å². The first-order chi connectivity index (χ1) is 13.3. The fourth-order valence-electron chi connectivity index (χ4n) is 2.33. The summed E-state index contributed by atoms with van der Waals surface area (Å²) >= 11 is 6.68. The number of alkyl halides is 3. The molecule has 6 nitrogen and oxygen atoms in total. The fraction of sp³-hybridized carbons (Fsp3) is 0.176. The highest BCUT2D eigenvalue weighted by molar-refractivity contribution is 7.99. The third kappa shape index (κ3) is 4.63. The van der Waals surface area contributed by atoms with Crippen LogP contribution in [-0.4, -0.2) is 31.4 Å². The Bertz CT molecular complexity index is 994. The number of thioether (sulfide) groups is 1. The number of nitrogens with zero attached hydrogens (tertiary/aromatic N) is 4. The normalized spacial score (nSPS) is 11.5. The second-order valence-electron chi connectivity index (χ2n) is 5.64. The Morgan fingerprint density at radius 1 is 1.29 bits per heavy atom. The number of pyridine rings is 1. The Balaban J connectivity index is 1.65. The number of benzene rings is 1. The summed E-state index contributed by atoms with van der Waals surface area (Å²) in [6.45, 7) is 0. The summed E-state index contributed by atoms with van der Waals surface area (Å²) in [5, 5.41) is 10.6. The van der Waals surface area contributed by atoms with Gasteiger partial charge in [-0.15, -0.1) is 10.2 Å².